The van der Waals surface area contributed by atoms with Gasteiger partial charge in [0.2, 0.25) is 0 Å². The molecule has 1 amide bonds. The lowest BCUT2D eigenvalue weighted by Gasteiger charge is -2.34. The van der Waals surface area contributed by atoms with Crippen LogP contribution in [0.15, 0.2) is 18.2 Å². The van der Waals surface area contributed by atoms with Crippen molar-refractivity contribution in [2.45, 2.75) is 51.9 Å². The van der Waals surface area contributed by atoms with Gasteiger partial charge < -0.3 is 19.5 Å². The van der Waals surface area contributed by atoms with Crippen molar-refractivity contribution in [3.05, 3.63) is 28.8 Å². The zero-order chi connectivity index (χ0) is 18.4. The highest BCUT2D eigenvalue weighted by molar-refractivity contribution is 6.62. The van der Waals surface area contributed by atoms with Crippen molar-refractivity contribution in [2.24, 2.45) is 0 Å². The fraction of sp³-hybridized carbons (Fsp3) is 0.611. The lowest BCUT2D eigenvalue weighted by Crippen LogP contribution is -2.52. The van der Waals surface area contributed by atoms with Crippen LogP contribution in [0.3, 0.4) is 0 Å². The van der Waals surface area contributed by atoms with E-state index in [0.717, 1.165) is 18.6 Å². The highest BCUT2D eigenvalue weighted by atomic mass is 35.5. The zero-order valence-corrected chi connectivity index (χ0v) is 16.3. The first-order valence-corrected chi connectivity index (χ1v) is 9.17. The molecular formula is C18H26BClN2O3. The number of hydrogen-bond acceptors (Lipinski definition) is 4. The first-order valence-electron chi connectivity index (χ1n) is 8.79. The van der Waals surface area contributed by atoms with Gasteiger partial charge in [-0.15, -0.1) is 0 Å². The summed E-state index contributed by atoms with van der Waals surface area (Å²) >= 11 is 6.44. The third-order valence-electron chi connectivity index (χ3n) is 5.51. The molecule has 0 bridgehead atoms. The summed E-state index contributed by atoms with van der Waals surface area (Å²) in [6.07, 6.45) is 0. The van der Waals surface area contributed by atoms with Crippen LogP contribution in [0.5, 0.6) is 0 Å². The van der Waals surface area contributed by atoms with Crippen LogP contribution in [0.2, 0.25) is 5.02 Å². The van der Waals surface area contributed by atoms with E-state index in [1.54, 1.807) is 12.1 Å². The molecule has 0 radical (unpaired) electrons. The quantitative estimate of drug-likeness (QED) is 0.816. The molecule has 1 aromatic carbocycles. The number of rotatable bonds is 2. The Labute approximate surface area is 155 Å². The Morgan fingerprint density at radius 3 is 2.48 bits per heavy atom. The summed E-state index contributed by atoms with van der Waals surface area (Å²) in [7, 11) is -0.482. The normalized spacial score (nSPS) is 25.3. The SMILES string of the molecule is CC1CNCCN1C(=O)c1ccc(B2OC(C)(C)C(C)(C)O2)cc1Cl. The second-order valence-electron chi connectivity index (χ2n) is 7.88. The molecule has 1 N–H and O–H groups in total. The number of amides is 1. The van der Waals surface area contributed by atoms with E-state index in [2.05, 4.69) is 5.32 Å². The number of piperazine rings is 1. The first-order chi connectivity index (χ1) is 11.6. The van der Waals surface area contributed by atoms with E-state index in [1.165, 1.54) is 0 Å². The molecule has 136 valence electrons. The topological polar surface area (TPSA) is 50.8 Å². The van der Waals surface area contributed by atoms with Crippen molar-refractivity contribution < 1.29 is 14.1 Å². The van der Waals surface area contributed by atoms with Crippen LogP contribution in [0.4, 0.5) is 0 Å². The number of nitrogens with zero attached hydrogens (tertiary/aromatic N) is 1. The predicted molar refractivity (Wildman–Crippen MR) is 101 cm³/mol. The molecule has 1 aromatic rings. The maximum absolute atomic E-state index is 12.8. The average Bonchev–Trinajstić information content (AvgIpc) is 2.75. The first kappa shape index (κ1) is 18.7. The Balaban J connectivity index is 1.81. The third kappa shape index (κ3) is 3.45. The minimum absolute atomic E-state index is 0.0283. The second-order valence-corrected chi connectivity index (χ2v) is 8.29. The van der Waals surface area contributed by atoms with Crippen LogP contribution < -0.4 is 10.8 Å². The Morgan fingerprint density at radius 2 is 1.92 bits per heavy atom. The molecule has 7 heteroatoms. The number of halogens is 1. The van der Waals surface area contributed by atoms with Gasteiger partial charge in [-0.25, -0.2) is 0 Å². The van der Waals surface area contributed by atoms with E-state index >= 15 is 0 Å². The molecule has 2 fully saturated rings. The van der Waals surface area contributed by atoms with Gasteiger partial charge in [-0.05, 0) is 52.2 Å². The van der Waals surface area contributed by atoms with E-state index in [-0.39, 0.29) is 11.9 Å². The van der Waals surface area contributed by atoms with Crippen molar-refractivity contribution >= 4 is 30.1 Å². The molecule has 2 heterocycles. The molecule has 25 heavy (non-hydrogen) atoms. The van der Waals surface area contributed by atoms with Gasteiger partial charge in [-0.3, -0.25) is 4.79 Å². The van der Waals surface area contributed by atoms with E-state index in [4.69, 9.17) is 20.9 Å². The number of hydrogen-bond donors (Lipinski definition) is 1. The standard InChI is InChI=1S/C18H26BClN2O3/c1-12-11-21-8-9-22(12)16(23)14-7-6-13(10-15(14)20)19-24-17(2,3)18(4,5)25-19/h6-7,10,12,21H,8-9,11H2,1-5H3. The highest BCUT2D eigenvalue weighted by Crippen LogP contribution is 2.36. The molecule has 1 atom stereocenters. The lowest BCUT2D eigenvalue weighted by atomic mass is 9.79. The Morgan fingerprint density at radius 1 is 1.28 bits per heavy atom. The van der Waals surface area contributed by atoms with Crippen molar-refractivity contribution in [2.75, 3.05) is 19.6 Å². The molecule has 5 nitrogen and oxygen atoms in total. The largest absolute Gasteiger partial charge is 0.494 e. The minimum atomic E-state index is -0.482. The second kappa shape index (κ2) is 6.58. The van der Waals surface area contributed by atoms with Crippen LogP contribution >= 0.6 is 11.6 Å². The summed E-state index contributed by atoms with van der Waals surface area (Å²) in [5.41, 5.74) is 0.535. The average molecular weight is 365 g/mol. The maximum Gasteiger partial charge on any atom is 0.494 e. The number of nitrogens with one attached hydrogen (secondary N) is 1. The van der Waals surface area contributed by atoms with Gasteiger partial charge in [0.1, 0.15) is 0 Å². The summed E-state index contributed by atoms with van der Waals surface area (Å²) in [5.74, 6) is -0.0283. The predicted octanol–water partition coefficient (Wildman–Crippen LogP) is 2.07. The number of carbonyl (C=O) groups is 1. The van der Waals surface area contributed by atoms with Gasteiger partial charge >= 0.3 is 7.12 Å². The lowest BCUT2D eigenvalue weighted by molar-refractivity contribution is 0.00578. The van der Waals surface area contributed by atoms with Crippen molar-refractivity contribution in [1.29, 1.82) is 0 Å². The molecule has 3 rings (SSSR count). The van der Waals surface area contributed by atoms with Crippen LogP contribution in [0.25, 0.3) is 0 Å². The molecule has 0 saturated carbocycles. The van der Waals surface area contributed by atoms with Gasteiger partial charge in [0.15, 0.2) is 0 Å². The van der Waals surface area contributed by atoms with E-state index in [0.29, 0.717) is 17.1 Å². The molecule has 0 spiro atoms. The van der Waals surface area contributed by atoms with Gasteiger partial charge in [-0.2, -0.15) is 0 Å². The molecular weight excluding hydrogens is 338 g/mol. The van der Waals surface area contributed by atoms with E-state index < -0.39 is 18.3 Å². The smallest absolute Gasteiger partial charge is 0.399 e. The van der Waals surface area contributed by atoms with Gasteiger partial charge in [0.05, 0.1) is 21.8 Å². The summed E-state index contributed by atoms with van der Waals surface area (Å²) in [6, 6.07) is 5.58. The molecule has 2 aliphatic rings. The number of carbonyl (C=O) groups excluding carboxylic acids is 1. The van der Waals surface area contributed by atoms with Crippen LogP contribution in [0.1, 0.15) is 45.0 Å². The monoisotopic (exact) mass is 364 g/mol. The van der Waals surface area contributed by atoms with Crippen LogP contribution in [-0.4, -0.2) is 54.8 Å². The van der Waals surface area contributed by atoms with Crippen LogP contribution in [-0.2, 0) is 9.31 Å². The summed E-state index contributed by atoms with van der Waals surface area (Å²) in [4.78, 5) is 14.7. The van der Waals surface area contributed by atoms with Crippen molar-refractivity contribution in [3.8, 4) is 0 Å². The molecule has 0 aromatic heterocycles. The van der Waals surface area contributed by atoms with Gasteiger partial charge in [0.25, 0.3) is 5.91 Å². The van der Waals surface area contributed by atoms with Gasteiger partial charge in [-0.1, -0.05) is 17.7 Å². The van der Waals surface area contributed by atoms with Crippen molar-refractivity contribution in [1.82, 2.24) is 10.2 Å². The van der Waals surface area contributed by atoms with Crippen molar-refractivity contribution in [3.63, 3.8) is 0 Å². The zero-order valence-electron chi connectivity index (χ0n) is 15.6. The summed E-state index contributed by atoms with van der Waals surface area (Å²) in [5, 5.41) is 3.72. The summed E-state index contributed by atoms with van der Waals surface area (Å²) < 4.78 is 12.1. The highest BCUT2D eigenvalue weighted by Gasteiger charge is 2.51. The molecule has 2 saturated heterocycles. The molecule has 1 unspecified atom stereocenters. The minimum Gasteiger partial charge on any atom is -0.399 e. The Bertz CT molecular complexity index is 664. The number of benzene rings is 1. The fourth-order valence-corrected chi connectivity index (χ4v) is 3.40. The van der Waals surface area contributed by atoms with Crippen LogP contribution in [0, 0.1) is 0 Å². The molecule has 0 aliphatic carbocycles. The Kier molecular flexibility index (Phi) is 4.92. The van der Waals surface area contributed by atoms with Gasteiger partial charge in [0, 0.05) is 25.7 Å². The molecule has 2 aliphatic heterocycles. The maximum atomic E-state index is 12.8. The van der Waals surface area contributed by atoms with E-state index in [1.807, 2.05) is 45.6 Å². The summed E-state index contributed by atoms with van der Waals surface area (Å²) in [6.45, 7) is 12.4. The third-order valence-corrected chi connectivity index (χ3v) is 5.82. The fourth-order valence-electron chi connectivity index (χ4n) is 3.13. The van der Waals surface area contributed by atoms with E-state index in [9.17, 15) is 4.79 Å². The Hall–Kier alpha value is -1.08.